The van der Waals surface area contributed by atoms with Gasteiger partial charge >= 0.3 is 6.09 Å². The highest BCUT2D eigenvalue weighted by Crippen LogP contribution is 2.09. The van der Waals surface area contributed by atoms with Crippen molar-refractivity contribution in [3.05, 3.63) is 0 Å². The van der Waals surface area contributed by atoms with Gasteiger partial charge in [0.1, 0.15) is 6.23 Å². The van der Waals surface area contributed by atoms with E-state index in [0.29, 0.717) is 6.61 Å². The smallest absolute Gasteiger partial charge is 0.409 e. The molecule has 1 rings (SSSR count). The van der Waals surface area contributed by atoms with Gasteiger partial charge in [0.2, 0.25) is 0 Å². The molecule has 0 aromatic rings. The highest BCUT2D eigenvalue weighted by molar-refractivity contribution is 5.67. The van der Waals surface area contributed by atoms with Crippen molar-refractivity contribution in [2.24, 2.45) is 0 Å². The van der Waals surface area contributed by atoms with Crippen LogP contribution in [0, 0.1) is 0 Å². The minimum absolute atomic E-state index is 0.141. The number of hydrogen-bond acceptors (Lipinski definition) is 3. The lowest BCUT2D eigenvalue weighted by molar-refractivity contribution is -0.00505. The Balaban J connectivity index is 2.15. The first-order valence-electron chi connectivity index (χ1n) is 4.38. The third-order valence-corrected chi connectivity index (χ3v) is 1.73. The molecule has 1 atom stereocenters. The van der Waals surface area contributed by atoms with Crippen molar-refractivity contribution in [2.75, 3.05) is 13.2 Å². The first kappa shape index (κ1) is 9.32. The summed E-state index contributed by atoms with van der Waals surface area (Å²) < 4.78 is 10.00. The molecular formula is C8H15NO3. The molecular weight excluding hydrogens is 158 g/mol. The molecule has 0 aliphatic carbocycles. The second-order valence-corrected chi connectivity index (χ2v) is 2.72. The largest absolute Gasteiger partial charge is 0.450 e. The number of amides is 1. The molecule has 1 aliphatic heterocycles. The maximum absolute atomic E-state index is 10.9. The molecule has 0 radical (unpaired) electrons. The molecule has 0 aromatic heterocycles. The maximum Gasteiger partial charge on any atom is 0.409 e. The fourth-order valence-electron chi connectivity index (χ4n) is 1.16. The lowest BCUT2D eigenvalue weighted by Gasteiger charge is -2.22. The van der Waals surface area contributed by atoms with Gasteiger partial charge in [-0.3, -0.25) is 5.32 Å². The molecule has 1 amide bonds. The minimum atomic E-state index is -0.385. The number of carbonyl (C=O) groups is 1. The molecule has 0 aromatic carbocycles. The zero-order chi connectivity index (χ0) is 8.81. The Bertz CT molecular complexity index is 143. The van der Waals surface area contributed by atoms with Crippen LogP contribution in [0.3, 0.4) is 0 Å². The third-order valence-electron chi connectivity index (χ3n) is 1.73. The molecule has 0 saturated carbocycles. The van der Waals surface area contributed by atoms with Gasteiger partial charge in [-0.05, 0) is 26.2 Å². The Hall–Kier alpha value is -0.770. The molecule has 4 heteroatoms. The van der Waals surface area contributed by atoms with Crippen LogP contribution in [-0.2, 0) is 9.47 Å². The van der Waals surface area contributed by atoms with Gasteiger partial charge in [-0.2, -0.15) is 0 Å². The Morgan fingerprint density at radius 1 is 1.67 bits per heavy atom. The van der Waals surface area contributed by atoms with Crippen LogP contribution in [-0.4, -0.2) is 25.5 Å². The lowest BCUT2D eigenvalue weighted by Crippen LogP contribution is -2.39. The van der Waals surface area contributed by atoms with Crippen LogP contribution < -0.4 is 5.32 Å². The second kappa shape index (κ2) is 4.98. The molecule has 1 unspecified atom stereocenters. The highest BCUT2D eigenvalue weighted by atomic mass is 16.6. The molecule has 1 N–H and O–H groups in total. The molecule has 1 aliphatic rings. The fraction of sp³-hybridized carbons (Fsp3) is 0.875. The van der Waals surface area contributed by atoms with Crippen LogP contribution in [0.1, 0.15) is 26.2 Å². The number of alkyl carbamates (subject to hydrolysis) is 1. The van der Waals surface area contributed by atoms with Gasteiger partial charge in [0.15, 0.2) is 0 Å². The SMILES string of the molecule is CCOC(=O)NC1CCCCO1. The van der Waals surface area contributed by atoms with E-state index in [-0.39, 0.29) is 12.3 Å². The van der Waals surface area contributed by atoms with Crippen molar-refractivity contribution >= 4 is 6.09 Å². The Kier molecular flexibility index (Phi) is 3.87. The Labute approximate surface area is 72.2 Å². The van der Waals surface area contributed by atoms with Crippen molar-refractivity contribution in [2.45, 2.75) is 32.4 Å². The van der Waals surface area contributed by atoms with Gasteiger partial charge in [0.25, 0.3) is 0 Å². The Morgan fingerprint density at radius 3 is 3.08 bits per heavy atom. The minimum Gasteiger partial charge on any atom is -0.450 e. The highest BCUT2D eigenvalue weighted by Gasteiger charge is 2.15. The standard InChI is InChI=1S/C8H15NO3/c1-2-11-8(10)9-7-5-3-4-6-12-7/h7H,2-6H2,1H3,(H,9,10). The second-order valence-electron chi connectivity index (χ2n) is 2.72. The number of rotatable bonds is 2. The van der Waals surface area contributed by atoms with Gasteiger partial charge in [0.05, 0.1) is 6.61 Å². The van der Waals surface area contributed by atoms with E-state index in [1.807, 2.05) is 0 Å². The molecule has 70 valence electrons. The van der Waals surface area contributed by atoms with Crippen LogP contribution in [0.2, 0.25) is 0 Å². The van der Waals surface area contributed by atoms with Crippen LogP contribution >= 0.6 is 0 Å². The summed E-state index contributed by atoms with van der Waals surface area (Å²) in [5.74, 6) is 0. The molecule has 0 spiro atoms. The molecule has 0 bridgehead atoms. The van der Waals surface area contributed by atoms with E-state index in [1.54, 1.807) is 6.92 Å². The first-order chi connectivity index (χ1) is 5.83. The summed E-state index contributed by atoms with van der Waals surface area (Å²) in [5.41, 5.74) is 0. The quantitative estimate of drug-likeness (QED) is 0.683. The average molecular weight is 173 g/mol. The maximum atomic E-state index is 10.9. The zero-order valence-corrected chi connectivity index (χ0v) is 7.34. The van der Waals surface area contributed by atoms with E-state index >= 15 is 0 Å². The van der Waals surface area contributed by atoms with Gasteiger partial charge in [-0.25, -0.2) is 4.79 Å². The number of ether oxygens (including phenoxy) is 2. The number of hydrogen-bond donors (Lipinski definition) is 1. The summed E-state index contributed by atoms with van der Waals surface area (Å²) in [6, 6.07) is 0. The van der Waals surface area contributed by atoms with Crippen molar-refractivity contribution in [1.82, 2.24) is 5.32 Å². The van der Waals surface area contributed by atoms with Gasteiger partial charge < -0.3 is 9.47 Å². The van der Waals surface area contributed by atoms with E-state index < -0.39 is 0 Å². The van der Waals surface area contributed by atoms with E-state index in [0.717, 1.165) is 25.9 Å². The van der Waals surface area contributed by atoms with Crippen LogP contribution in [0.4, 0.5) is 4.79 Å². The van der Waals surface area contributed by atoms with Crippen molar-refractivity contribution in [3.63, 3.8) is 0 Å². The number of carbonyl (C=O) groups excluding carboxylic acids is 1. The topological polar surface area (TPSA) is 47.6 Å². The van der Waals surface area contributed by atoms with Crippen LogP contribution in [0.15, 0.2) is 0 Å². The van der Waals surface area contributed by atoms with Gasteiger partial charge in [-0.15, -0.1) is 0 Å². The van der Waals surface area contributed by atoms with E-state index in [4.69, 9.17) is 9.47 Å². The summed E-state index contributed by atoms with van der Waals surface area (Å²) in [6.07, 6.45) is 2.55. The lowest BCUT2D eigenvalue weighted by atomic mass is 10.2. The van der Waals surface area contributed by atoms with Gasteiger partial charge in [-0.1, -0.05) is 0 Å². The van der Waals surface area contributed by atoms with Crippen molar-refractivity contribution in [3.8, 4) is 0 Å². The predicted octanol–water partition coefficient (Wildman–Crippen LogP) is 1.26. The summed E-state index contributed by atoms with van der Waals surface area (Å²) in [7, 11) is 0. The summed E-state index contributed by atoms with van der Waals surface area (Å²) in [4.78, 5) is 10.9. The third kappa shape index (κ3) is 3.09. The summed E-state index contributed by atoms with van der Waals surface area (Å²) in [6.45, 7) is 2.91. The van der Waals surface area contributed by atoms with Crippen molar-refractivity contribution < 1.29 is 14.3 Å². The summed E-state index contributed by atoms with van der Waals surface area (Å²) >= 11 is 0. The monoisotopic (exact) mass is 173 g/mol. The molecule has 12 heavy (non-hydrogen) atoms. The van der Waals surface area contributed by atoms with Crippen molar-refractivity contribution in [1.29, 1.82) is 0 Å². The zero-order valence-electron chi connectivity index (χ0n) is 7.34. The average Bonchev–Trinajstić information content (AvgIpc) is 2.06. The summed E-state index contributed by atoms with van der Waals surface area (Å²) in [5, 5.41) is 2.64. The molecule has 1 fully saturated rings. The van der Waals surface area contributed by atoms with E-state index in [1.165, 1.54) is 0 Å². The number of nitrogens with one attached hydrogen (secondary N) is 1. The van der Waals surface area contributed by atoms with Crippen LogP contribution in [0.25, 0.3) is 0 Å². The Morgan fingerprint density at radius 2 is 2.50 bits per heavy atom. The molecule has 1 heterocycles. The predicted molar refractivity (Wildman–Crippen MR) is 43.7 cm³/mol. The van der Waals surface area contributed by atoms with E-state index in [9.17, 15) is 4.79 Å². The molecule has 1 saturated heterocycles. The normalized spacial score (nSPS) is 23.2. The first-order valence-corrected chi connectivity index (χ1v) is 4.38. The van der Waals surface area contributed by atoms with Gasteiger partial charge in [0, 0.05) is 6.61 Å². The fourth-order valence-corrected chi connectivity index (χ4v) is 1.16. The van der Waals surface area contributed by atoms with Crippen LogP contribution in [0.5, 0.6) is 0 Å². The van der Waals surface area contributed by atoms with E-state index in [2.05, 4.69) is 5.32 Å². The molecule has 4 nitrogen and oxygen atoms in total.